The van der Waals surface area contributed by atoms with Crippen LogP contribution in [0.5, 0.6) is 0 Å². The van der Waals surface area contributed by atoms with Crippen molar-refractivity contribution in [1.82, 2.24) is 4.90 Å². The summed E-state index contributed by atoms with van der Waals surface area (Å²) in [6, 6.07) is 8.60. The maximum atomic E-state index is 5.81. The maximum Gasteiger partial charge on any atom is 0.0317 e. The van der Waals surface area contributed by atoms with Crippen LogP contribution >= 0.6 is 0 Å². The molecular formula is C14H24N2. The number of hydrogen-bond acceptors (Lipinski definition) is 2. The highest BCUT2D eigenvalue weighted by Crippen LogP contribution is 2.21. The van der Waals surface area contributed by atoms with Crippen LogP contribution in [-0.2, 0) is 0 Å². The normalized spacial score (nSPS) is 15.1. The van der Waals surface area contributed by atoms with Gasteiger partial charge < -0.3 is 5.73 Å². The van der Waals surface area contributed by atoms with Crippen molar-refractivity contribution in [3.63, 3.8) is 0 Å². The van der Waals surface area contributed by atoms with Crippen LogP contribution < -0.4 is 5.73 Å². The molecule has 16 heavy (non-hydrogen) atoms. The van der Waals surface area contributed by atoms with Gasteiger partial charge in [0.05, 0.1) is 0 Å². The second kappa shape index (κ2) is 5.90. The monoisotopic (exact) mass is 220 g/mol. The molecule has 0 heterocycles. The van der Waals surface area contributed by atoms with Gasteiger partial charge in [-0.05, 0) is 37.6 Å². The summed E-state index contributed by atoms with van der Waals surface area (Å²) in [5, 5.41) is 0. The summed E-state index contributed by atoms with van der Waals surface area (Å²) in [7, 11) is 2.18. The minimum absolute atomic E-state index is 0.428. The van der Waals surface area contributed by atoms with Crippen molar-refractivity contribution in [2.24, 2.45) is 5.92 Å². The van der Waals surface area contributed by atoms with Crippen molar-refractivity contribution in [2.75, 3.05) is 19.3 Å². The van der Waals surface area contributed by atoms with Gasteiger partial charge >= 0.3 is 0 Å². The molecule has 0 aromatic heterocycles. The molecule has 1 rings (SSSR count). The third kappa shape index (κ3) is 3.53. The fourth-order valence-electron chi connectivity index (χ4n) is 1.85. The van der Waals surface area contributed by atoms with Crippen LogP contribution in [0.4, 0.5) is 5.69 Å². The number of nitrogen functional groups attached to an aromatic ring is 1. The minimum atomic E-state index is 0.428. The second-order valence-corrected chi connectivity index (χ2v) is 4.80. The van der Waals surface area contributed by atoms with E-state index in [0.717, 1.165) is 18.2 Å². The van der Waals surface area contributed by atoms with Crippen LogP contribution in [0.1, 0.15) is 38.8 Å². The van der Waals surface area contributed by atoms with Crippen LogP contribution in [0, 0.1) is 5.92 Å². The molecule has 0 amide bonds. The Morgan fingerprint density at radius 3 is 2.56 bits per heavy atom. The highest BCUT2D eigenvalue weighted by molar-refractivity contribution is 5.41. The zero-order valence-corrected chi connectivity index (χ0v) is 10.9. The van der Waals surface area contributed by atoms with E-state index >= 15 is 0 Å². The standard InChI is InChI=1S/C14H24N2/c1-5-11(2)10-16(4)12(3)13-7-6-8-14(15)9-13/h6-9,11-12H,5,10,15H2,1-4H3. The fraction of sp³-hybridized carbons (Fsp3) is 0.571. The van der Waals surface area contributed by atoms with Crippen molar-refractivity contribution < 1.29 is 0 Å². The Labute approximate surface area is 99.5 Å². The minimum Gasteiger partial charge on any atom is -0.399 e. The number of nitrogens with zero attached hydrogens (tertiary/aromatic N) is 1. The largest absolute Gasteiger partial charge is 0.399 e. The van der Waals surface area contributed by atoms with Crippen LogP contribution in [0.2, 0.25) is 0 Å². The summed E-state index contributed by atoms with van der Waals surface area (Å²) in [5.74, 6) is 0.744. The molecule has 2 unspecified atom stereocenters. The van der Waals surface area contributed by atoms with E-state index in [1.807, 2.05) is 12.1 Å². The lowest BCUT2D eigenvalue weighted by atomic mass is 10.0. The lowest BCUT2D eigenvalue weighted by molar-refractivity contribution is 0.224. The summed E-state index contributed by atoms with van der Waals surface area (Å²) in [5.41, 5.74) is 7.95. The van der Waals surface area contributed by atoms with Crippen molar-refractivity contribution in [2.45, 2.75) is 33.2 Å². The van der Waals surface area contributed by atoms with E-state index in [4.69, 9.17) is 5.73 Å². The smallest absolute Gasteiger partial charge is 0.0317 e. The zero-order valence-electron chi connectivity index (χ0n) is 10.9. The van der Waals surface area contributed by atoms with E-state index in [2.05, 4.69) is 44.9 Å². The van der Waals surface area contributed by atoms with Crippen molar-refractivity contribution in [3.8, 4) is 0 Å². The van der Waals surface area contributed by atoms with Gasteiger partial charge in [0.15, 0.2) is 0 Å². The number of rotatable bonds is 5. The zero-order chi connectivity index (χ0) is 12.1. The Balaban J connectivity index is 2.66. The molecule has 0 bridgehead atoms. The highest BCUT2D eigenvalue weighted by Gasteiger charge is 2.13. The van der Waals surface area contributed by atoms with Crippen molar-refractivity contribution in [1.29, 1.82) is 0 Å². The van der Waals surface area contributed by atoms with Crippen molar-refractivity contribution >= 4 is 5.69 Å². The third-order valence-corrected chi connectivity index (χ3v) is 3.35. The molecular weight excluding hydrogens is 196 g/mol. The molecule has 2 atom stereocenters. The Morgan fingerprint density at radius 1 is 1.31 bits per heavy atom. The van der Waals surface area contributed by atoms with Crippen molar-refractivity contribution in [3.05, 3.63) is 29.8 Å². The predicted molar refractivity (Wildman–Crippen MR) is 71.4 cm³/mol. The molecule has 0 fully saturated rings. The summed E-state index contributed by atoms with van der Waals surface area (Å²) in [6.07, 6.45) is 1.23. The lowest BCUT2D eigenvalue weighted by Crippen LogP contribution is -2.27. The molecule has 0 saturated carbocycles. The van der Waals surface area contributed by atoms with Crippen LogP contribution in [0.3, 0.4) is 0 Å². The van der Waals surface area contributed by atoms with E-state index < -0.39 is 0 Å². The molecule has 0 saturated heterocycles. The van der Waals surface area contributed by atoms with Gasteiger partial charge in [-0.25, -0.2) is 0 Å². The van der Waals surface area contributed by atoms with Gasteiger partial charge in [-0.1, -0.05) is 32.4 Å². The first kappa shape index (κ1) is 13.0. The lowest BCUT2D eigenvalue weighted by Gasteiger charge is -2.27. The fourth-order valence-corrected chi connectivity index (χ4v) is 1.85. The molecule has 2 nitrogen and oxygen atoms in total. The molecule has 2 heteroatoms. The van der Waals surface area contributed by atoms with Crippen LogP contribution in [0.15, 0.2) is 24.3 Å². The quantitative estimate of drug-likeness (QED) is 0.771. The molecule has 0 radical (unpaired) electrons. The summed E-state index contributed by atoms with van der Waals surface area (Å²) in [6.45, 7) is 7.90. The average molecular weight is 220 g/mol. The number of nitrogens with two attached hydrogens (primary N) is 1. The van der Waals surface area contributed by atoms with Gasteiger partial charge in [0, 0.05) is 18.3 Å². The van der Waals surface area contributed by atoms with Gasteiger partial charge in [0.1, 0.15) is 0 Å². The topological polar surface area (TPSA) is 29.3 Å². The Hall–Kier alpha value is -1.02. The van der Waals surface area contributed by atoms with Crippen LogP contribution in [-0.4, -0.2) is 18.5 Å². The highest BCUT2D eigenvalue weighted by atomic mass is 15.1. The summed E-state index contributed by atoms with van der Waals surface area (Å²) < 4.78 is 0. The first-order valence-electron chi connectivity index (χ1n) is 6.10. The Bertz CT molecular complexity index is 322. The molecule has 0 aliphatic rings. The van der Waals surface area contributed by atoms with E-state index in [-0.39, 0.29) is 0 Å². The maximum absolute atomic E-state index is 5.81. The Morgan fingerprint density at radius 2 is 2.00 bits per heavy atom. The van der Waals surface area contributed by atoms with Gasteiger partial charge in [-0.15, -0.1) is 0 Å². The van der Waals surface area contributed by atoms with Crippen LogP contribution in [0.25, 0.3) is 0 Å². The third-order valence-electron chi connectivity index (χ3n) is 3.35. The van der Waals surface area contributed by atoms with Gasteiger partial charge in [0.25, 0.3) is 0 Å². The molecule has 1 aromatic rings. The molecule has 0 spiro atoms. The average Bonchev–Trinajstić information content (AvgIpc) is 2.27. The van der Waals surface area contributed by atoms with E-state index in [1.54, 1.807) is 0 Å². The number of hydrogen-bond donors (Lipinski definition) is 1. The van der Waals surface area contributed by atoms with E-state index in [1.165, 1.54) is 12.0 Å². The van der Waals surface area contributed by atoms with Gasteiger partial charge in [-0.2, -0.15) is 0 Å². The molecule has 1 aromatic carbocycles. The first-order valence-corrected chi connectivity index (χ1v) is 6.10. The molecule has 2 N–H and O–H groups in total. The summed E-state index contributed by atoms with van der Waals surface area (Å²) >= 11 is 0. The van der Waals surface area contributed by atoms with Gasteiger partial charge in [0.2, 0.25) is 0 Å². The van der Waals surface area contributed by atoms with E-state index in [0.29, 0.717) is 6.04 Å². The first-order chi connectivity index (χ1) is 7.54. The van der Waals surface area contributed by atoms with E-state index in [9.17, 15) is 0 Å². The number of benzene rings is 1. The SMILES string of the molecule is CCC(C)CN(C)C(C)c1cccc(N)c1. The molecule has 0 aliphatic heterocycles. The molecule has 0 aliphatic carbocycles. The predicted octanol–water partition coefficient (Wildman–Crippen LogP) is 3.31. The molecule has 90 valence electrons. The Kier molecular flexibility index (Phi) is 4.81. The van der Waals surface area contributed by atoms with Gasteiger partial charge in [-0.3, -0.25) is 4.90 Å². The summed E-state index contributed by atoms with van der Waals surface area (Å²) in [4.78, 5) is 2.39. The second-order valence-electron chi connectivity index (χ2n) is 4.80. The number of anilines is 1.